The van der Waals surface area contributed by atoms with Crippen molar-refractivity contribution in [3.63, 3.8) is 0 Å². The zero-order valence-electron chi connectivity index (χ0n) is 8.42. The molecule has 0 heterocycles. The molecule has 0 fully saturated rings. The van der Waals surface area contributed by atoms with Crippen LogP contribution < -0.4 is 11.5 Å². The summed E-state index contributed by atoms with van der Waals surface area (Å²) in [6.07, 6.45) is 0. The Morgan fingerprint density at radius 1 is 1.20 bits per heavy atom. The van der Waals surface area contributed by atoms with Gasteiger partial charge in [-0.15, -0.1) is 0 Å². The second-order valence-corrected chi connectivity index (χ2v) is 4.40. The summed E-state index contributed by atoms with van der Waals surface area (Å²) in [7, 11) is 0. The second-order valence-electron chi connectivity index (χ2n) is 3.32. The molecule has 3 atom stereocenters. The third-order valence-electron chi connectivity index (χ3n) is 1.89. The van der Waals surface area contributed by atoms with Crippen molar-refractivity contribution in [2.24, 2.45) is 17.4 Å². The Balaban J connectivity index is 3.77. The second kappa shape index (κ2) is 6.65. The van der Waals surface area contributed by atoms with Gasteiger partial charge in [0.05, 0.1) is 0 Å². The fourth-order valence-corrected chi connectivity index (χ4v) is 1.91. The van der Waals surface area contributed by atoms with Crippen LogP contribution >= 0.6 is 11.8 Å². The highest BCUT2D eigenvalue weighted by Gasteiger charge is 2.20. The molecule has 0 bridgehead atoms. The molecule has 0 spiro atoms. The fourth-order valence-electron chi connectivity index (χ4n) is 0.799. The zero-order chi connectivity index (χ0) is 12.0. The van der Waals surface area contributed by atoms with Crippen LogP contribution in [0.3, 0.4) is 0 Å². The molecule has 6 N–H and O–H groups in total. The molecule has 0 saturated heterocycles. The first-order valence-corrected chi connectivity index (χ1v) is 5.56. The summed E-state index contributed by atoms with van der Waals surface area (Å²) in [5.74, 6) is -1.59. The van der Waals surface area contributed by atoms with Gasteiger partial charge in [-0.2, -0.15) is 11.8 Å². The summed E-state index contributed by atoms with van der Waals surface area (Å²) < 4.78 is 0. The Morgan fingerprint density at radius 3 is 2.13 bits per heavy atom. The third-order valence-corrected chi connectivity index (χ3v) is 3.25. The van der Waals surface area contributed by atoms with E-state index in [9.17, 15) is 9.59 Å². The normalized spacial score (nSPS) is 16.7. The lowest BCUT2D eigenvalue weighted by Gasteiger charge is -2.15. The SMILES string of the molecule is CC(CSCC(N)C(=O)O)[C@H](N)C(=O)O. The van der Waals surface area contributed by atoms with Crippen molar-refractivity contribution in [2.45, 2.75) is 19.0 Å². The summed E-state index contributed by atoms with van der Waals surface area (Å²) in [4.78, 5) is 20.9. The average molecular weight is 236 g/mol. The largest absolute Gasteiger partial charge is 0.480 e. The van der Waals surface area contributed by atoms with E-state index in [-0.39, 0.29) is 11.7 Å². The van der Waals surface area contributed by atoms with Crippen molar-refractivity contribution in [1.82, 2.24) is 0 Å². The number of hydrogen-bond donors (Lipinski definition) is 4. The van der Waals surface area contributed by atoms with Gasteiger partial charge < -0.3 is 21.7 Å². The van der Waals surface area contributed by atoms with Crippen molar-refractivity contribution in [3.8, 4) is 0 Å². The van der Waals surface area contributed by atoms with Crippen molar-refractivity contribution in [2.75, 3.05) is 11.5 Å². The summed E-state index contributed by atoms with van der Waals surface area (Å²) in [6.45, 7) is 1.71. The molecule has 88 valence electrons. The predicted molar refractivity (Wildman–Crippen MR) is 57.7 cm³/mol. The molecular weight excluding hydrogens is 220 g/mol. The van der Waals surface area contributed by atoms with Crippen LogP contribution in [0.1, 0.15) is 6.92 Å². The molecule has 2 unspecified atom stereocenters. The Bertz CT molecular complexity index is 237. The van der Waals surface area contributed by atoms with Gasteiger partial charge in [-0.25, -0.2) is 0 Å². The average Bonchev–Trinajstić information content (AvgIpc) is 2.15. The van der Waals surface area contributed by atoms with Crippen LogP contribution in [0.15, 0.2) is 0 Å². The molecule has 7 heteroatoms. The molecule has 0 amide bonds. The van der Waals surface area contributed by atoms with E-state index in [1.165, 1.54) is 11.8 Å². The topological polar surface area (TPSA) is 127 Å². The minimum absolute atomic E-state index is 0.214. The summed E-state index contributed by atoms with van der Waals surface area (Å²) in [6, 6.07) is -1.83. The van der Waals surface area contributed by atoms with Crippen LogP contribution in [0.4, 0.5) is 0 Å². The number of thioether (sulfide) groups is 1. The molecule has 0 aliphatic carbocycles. The fraction of sp³-hybridized carbons (Fsp3) is 0.750. The third kappa shape index (κ3) is 5.60. The molecule has 15 heavy (non-hydrogen) atoms. The molecule has 6 nitrogen and oxygen atoms in total. The van der Waals surface area contributed by atoms with Crippen molar-refractivity contribution >= 4 is 23.7 Å². The maximum Gasteiger partial charge on any atom is 0.321 e. The first-order chi connectivity index (χ1) is 6.86. The lowest BCUT2D eigenvalue weighted by molar-refractivity contribution is -0.140. The van der Waals surface area contributed by atoms with Gasteiger partial charge in [0.1, 0.15) is 12.1 Å². The van der Waals surface area contributed by atoms with Gasteiger partial charge in [0.25, 0.3) is 0 Å². The van der Waals surface area contributed by atoms with Gasteiger partial charge in [-0.05, 0) is 11.7 Å². The van der Waals surface area contributed by atoms with Crippen LogP contribution in [0.2, 0.25) is 0 Å². The first kappa shape index (κ1) is 14.2. The first-order valence-electron chi connectivity index (χ1n) is 4.40. The summed E-state index contributed by atoms with van der Waals surface area (Å²) >= 11 is 1.29. The van der Waals surface area contributed by atoms with Gasteiger partial charge in [-0.1, -0.05) is 6.92 Å². The number of carbonyl (C=O) groups is 2. The molecule has 0 radical (unpaired) electrons. The molecule has 0 aliphatic rings. The van der Waals surface area contributed by atoms with Gasteiger partial charge in [-0.3, -0.25) is 9.59 Å². The summed E-state index contributed by atoms with van der Waals surface area (Å²) in [5.41, 5.74) is 10.6. The Labute approximate surface area is 92.0 Å². The van der Waals surface area contributed by atoms with E-state index in [1.54, 1.807) is 6.92 Å². The number of rotatable bonds is 7. The van der Waals surface area contributed by atoms with Gasteiger partial charge in [0.15, 0.2) is 0 Å². The standard InChI is InChI=1S/C8H16N2O4S/c1-4(6(10)8(13)14)2-15-3-5(9)7(11)12/h4-6H,2-3,9-10H2,1H3,(H,11,12)(H,13,14)/t4?,5?,6-/m0/s1. The number of nitrogens with two attached hydrogens (primary N) is 2. The van der Waals surface area contributed by atoms with Crippen LogP contribution in [-0.4, -0.2) is 45.7 Å². The van der Waals surface area contributed by atoms with E-state index in [2.05, 4.69) is 0 Å². The van der Waals surface area contributed by atoms with Gasteiger partial charge >= 0.3 is 11.9 Å². The van der Waals surface area contributed by atoms with Gasteiger partial charge in [0.2, 0.25) is 0 Å². The zero-order valence-corrected chi connectivity index (χ0v) is 9.24. The molecule has 0 aromatic heterocycles. The van der Waals surface area contributed by atoms with Crippen LogP contribution in [0.25, 0.3) is 0 Å². The maximum atomic E-state index is 10.5. The lowest BCUT2D eigenvalue weighted by Crippen LogP contribution is -2.38. The number of carboxylic acid groups (broad SMARTS) is 2. The van der Waals surface area contributed by atoms with Crippen molar-refractivity contribution < 1.29 is 19.8 Å². The van der Waals surface area contributed by atoms with Crippen molar-refractivity contribution in [1.29, 1.82) is 0 Å². The van der Waals surface area contributed by atoms with Crippen LogP contribution in [0, 0.1) is 5.92 Å². The van der Waals surface area contributed by atoms with Gasteiger partial charge in [0, 0.05) is 5.75 Å². The van der Waals surface area contributed by atoms with E-state index >= 15 is 0 Å². The number of aliphatic carboxylic acids is 2. The number of hydrogen-bond acceptors (Lipinski definition) is 5. The highest BCUT2D eigenvalue weighted by molar-refractivity contribution is 7.99. The molecule has 0 saturated carbocycles. The molecule has 0 aromatic rings. The highest BCUT2D eigenvalue weighted by Crippen LogP contribution is 2.11. The van der Waals surface area contributed by atoms with E-state index in [1.807, 2.05) is 0 Å². The molecule has 0 aliphatic heterocycles. The Hall–Kier alpha value is -0.790. The Kier molecular flexibility index (Phi) is 6.30. The smallest absolute Gasteiger partial charge is 0.321 e. The minimum atomic E-state index is -1.06. The van der Waals surface area contributed by atoms with Crippen LogP contribution in [0.5, 0.6) is 0 Å². The van der Waals surface area contributed by atoms with E-state index in [0.29, 0.717) is 5.75 Å². The maximum absolute atomic E-state index is 10.5. The minimum Gasteiger partial charge on any atom is -0.480 e. The predicted octanol–water partition coefficient (Wildman–Crippen LogP) is -0.820. The quantitative estimate of drug-likeness (QED) is 0.454. The monoisotopic (exact) mass is 236 g/mol. The number of carboxylic acids is 2. The summed E-state index contributed by atoms with van der Waals surface area (Å²) in [5, 5.41) is 17.1. The van der Waals surface area contributed by atoms with E-state index in [4.69, 9.17) is 21.7 Å². The lowest BCUT2D eigenvalue weighted by atomic mass is 10.1. The van der Waals surface area contributed by atoms with E-state index < -0.39 is 24.0 Å². The Morgan fingerprint density at radius 2 is 1.73 bits per heavy atom. The van der Waals surface area contributed by atoms with Crippen LogP contribution in [-0.2, 0) is 9.59 Å². The molecule has 0 aromatic carbocycles. The highest BCUT2D eigenvalue weighted by atomic mass is 32.2. The molecule has 0 rings (SSSR count). The molecular formula is C8H16N2O4S. The van der Waals surface area contributed by atoms with E-state index in [0.717, 1.165) is 0 Å². The van der Waals surface area contributed by atoms with Crippen molar-refractivity contribution in [3.05, 3.63) is 0 Å².